The highest BCUT2D eigenvalue weighted by molar-refractivity contribution is 5.28. The standard InChI is InChI=1S/C14H21NO/c1-10-9-12(7-8-14(10,2)15)11-3-5-13(16)6-4-11/h3-6,10,12,16H,7-9,15H2,1-2H3. The Morgan fingerprint density at radius 1 is 1.31 bits per heavy atom. The summed E-state index contributed by atoms with van der Waals surface area (Å²) >= 11 is 0. The van der Waals surface area contributed by atoms with Crippen molar-refractivity contribution < 1.29 is 5.11 Å². The van der Waals surface area contributed by atoms with Gasteiger partial charge in [-0.3, -0.25) is 0 Å². The van der Waals surface area contributed by atoms with Crippen molar-refractivity contribution in [1.29, 1.82) is 0 Å². The van der Waals surface area contributed by atoms with E-state index in [-0.39, 0.29) is 5.54 Å². The van der Waals surface area contributed by atoms with Crippen LogP contribution in [-0.4, -0.2) is 10.6 Å². The fraction of sp³-hybridized carbons (Fsp3) is 0.571. The van der Waals surface area contributed by atoms with Crippen LogP contribution in [-0.2, 0) is 0 Å². The Kier molecular flexibility index (Phi) is 2.94. The lowest BCUT2D eigenvalue weighted by Crippen LogP contribution is -2.46. The van der Waals surface area contributed by atoms with Crippen molar-refractivity contribution in [2.45, 2.75) is 44.6 Å². The zero-order valence-corrected chi connectivity index (χ0v) is 10.1. The monoisotopic (exact) mass is 219 g/mol. The number of phenols is 1. The molecule has 0 aliphatic heterocycles. The smallest absolute Gasteiger partial charge is 0.115 e. The Balaban J connectivity index is 2.10. The van der Waals surface area contributed by atoms with Crippen LogP contribution in [0, 0.1) is 5.92 Å². The highest BCUT2D eigenvalue weighted by atomic mass is 16.3. The summed E-state index contributed by atoms with van der Waals surface area (Å²) in [6.45, 7) is 4.40. The van der Waals surface area contributed by atoms with Gasteiger partial charge in [0.25, 0.3) is 0 Å². The van der Waals surface area contributed by atoms with Gasteiger partial charge in [-0.2, -0.15) is 0 Å². The number of nitrogens with two attached hydrogens (primary N) is 1. The molecular weight excluding hydrogens is 198 g/mol. The topological polar surface area (TPSA) is 46.2 Å². The Morgan fingerprint density at radius 2 is 1.94 bits per heavy atom. The zero-order chi connectivity index (χ0) is 11.8. The van der Waals surface area contributed by atoms with Gasteiger partial charge in [-0.15, -0.1) is 0 Å². The first-order chi connectivity index (χ1) is 7.49. The van der Waals surface area contributed by atoms with Crippen molar-refractivity contribution in [3.05, 3.63) is 29.8 Å². The fourth-order valence-electron chi connectivity index (χ4n) is 2.59. The molecule has 88 valence electrons. The lowest BCUT2D eigenvalue weighted by atomic mass is 9.69. The van der Waals surface area contributed by atoms with Crippen LogP contribution in [0.25, 0.3) is 0 Å². The van der Waals surface area contributed by atoms with Gasteiger partial charge in [0.2, 0.25) is 0 Å². The minimum absolute atomic E-state index is 0.00653. The summed E-state index contributed by atoms with van der Waals surface area (Å²) in [6, 6.07) is 7.62. The minimum atomic E-state index is -0.00653. The minimum Gasteiger partial charge on any atom is -0.508 e. The third-order valence-electron chi connectivity index (χ3n) is 4.16. The molecule has 3 atom stereocenters. The molecule has 1 aromatic carbocycles. The molecule has 2 rings (SSSR count). The average Bonchev–Trinajstić information content (AvgIpc) is 2.24. The first kappa shape index (κ1) is 11.5. The first-order valence-corrected chi connectivity index (χ1v) is 6.07. The van der Waals surface area contributed by atoms with Crippen molar-refractivity contribution >= 4 is 0 Å². The molecular formula is C14H21NO. The van der Waals surface area contributed by atoms with Gasteiger partial charge >= 0.3 is 0 Å². The van der Waals surface area contributed by atoms with Crippen molar-refractivity contribution in [2.75, 3.05) is 0 Å². The van der Waals surface area contributed by atoms with Crippen LogP contribution in [0.4, 0.5) is 0 Å². The largest absolute Gasteiger partial charge is 0.508 e. The molecule has 0 heterocycles. The second-order valence-electron chi connectivity index (χ2n) is 5.47. The van der Waals surface area contributed by atoms with Gasteiger partial charge in [-0.25, -0.2) is 0 Å². The van der Waals surface area contributed by atoms with E-state index in [4.69, 9.17) is 5.73 Å². The molecule has 2 heteroatoms. The van der Waals surface area contributed by atoms with Crippen molar-refractivity contribution in [1.82, 2.24) is 0 Å². The Labute approximate surface area is 97.5 Å². The molecule has 0 saturated heterocycles. The van der Waals surface area contributed by atoms with Crippen molar-refractivity contribution in [3.63, 3.8) is 0 Å². The molecule has 0 aromatic heterocycles. The van der Waals surface area contributed by atoms with E-state index in [1.165, 1.54) is 5.56 Å². The molecule has 0 bridgehead atoms. The molecule has 1 saturated carbocycles. The third kappa shape index (κ3) is 2.22. The van der Waals surface area contributed by atoms with E-state index in [0.717, 1.165) is 19.3 Å². The molecule has 0 spiro atoms. The van der Waals surface area contributed by atoms with Gasteiger partial charge in [-0.05, 0) is 55.7 Å². The second kappa shape index (κ2) is 4.10. The average molecular weight is 219 g/mol. The molecule has 16 heavy (non-hydrogen) atoms. The SMILES string of the molecule is CC1CC(c2ccc(O)cc2)CCC1(C)N. The van der Waals surface area contributed by atoms with Crippen LogP contribution in [0.5, 0.6) is 5.75 Å². The zero-order valence-electron chi connectivity index (χ0n) is 10.1. The maximum absolute atomic E-state index is 9.27. The molecule has 1 fully saturated rings. The van der Waals surface area contributed by atoms with Crippen molar-refractivity contribution in [2.24, 2.45) is 11.7 Å². The Hall–Kier alpha value is -1.02. The van der Waals surface area contributed by atoms with Gasteiger partial charge in [0.1, 0.15) is 5.75 Å². The maximum Gasteiger partial charge on any atom is 0.115 e. The summed E-state index contributed by atoms with van der Waals surface area (Å²) in [6.07, 6.45) is 3.39. The number of aromatic hydroxyl groups is 1. The fourth-order valence-corrected chi connectivity index (χ4v) is 2.59. The predicted octanol–water partition coefficient (Wildman–Crippen LogP) is 3.01. The van der Waals surface area contributed by atoms with Crippen LogP contribution in [0.15, 0.2) is 24.3 Å². The molecule has 3 N–H and O–H groups in total. The summed E-state index contributed by atoms with van der Waals surface area (Å²) < 4.78 is 0. The van der Waals surface area contributed by atoms with E-state index in [1.54, 1.807) is 12.1 Å². The molecule has 0 radical (unpaired) electrons. The molecule has 0 amide bonds. The number of rotatable bonds is 1. The number of benzene rings is 1. The van der Waals surface area contributed by atoms with E-state index in [9.17, 15) is 5.11 Å². The summed E-state index contributed by atoms with van der Waals surface area (Å²) in [7, 11) is 0. The second-order valence-corrected chi connectivity index (χ2v) is 5.47. The summed E-state index contributed by atoms with van der Waals surface area (Å²) in [5, 5.41) is 9.27. The summed E-state index contributed by atoms with van der Waals surface area (Å²) in [5.41, 5.74) is 7.57. The van der Waals surface area contributed by atoms with Gasteiger partial charge in [0.05, 0.1) is 0 Å². The third-order valence-corrected chi connectivity index (χ3v) is 4.16. The highest BCUT2D eigenvalue weighted by Gasteiger charge is 2.34. The van der Waals surface area contributed by atoms with Crippen LogP contribution >= 0.6 is 0 Å². The highest BCUT2D eigenvalue weighted by Crippen LogP contribution is 2.40. The Morgan fingerprint density at radius 3 is 2.50 bits per heavy atom. The van der Waals surface area contributed by atoms with Crippen molar-refractivity contribution in [3.8, 4) is 5.75 Å². The lowest BCUT2D eigenvalue weighted by Gasteiger charge is -2.40. The number of phenolic OH excluding ortho intramolecular Hbond substituents is 1. The van der Waals surface area contributed by atoms with Gasteiger partial charge in [0.15, 0.2) is 0 Å². The van der Waals surface area contributed by atoms with E-state index < -0.39 is 0 Å². The van der Waals surface area contributed by atoms with E-state index in [0.29, 0.717) is 17.6 Å². The lowest BCUT2D eigenvalue weighted by molar-refractivity contribution is 0.205. The van der Waals surface area contributed by atoms with E-state index in [1.807, 2.05) is 12.1 Å². The molecule has 1 aliphatic carbocycles. The van der Waals surface area contributed by atoms with E-state index in [2.05, 4.69) is 13.8 Å². The predicted molar refractivity (Wildman–Crippen MR) is 66.5 cm³/mol. The number of hydrogen-bond donors (Lipinski definition) is 2. The number of hydrogen-bond acceptors (Lipinski definition) is 2. The first-order valence-electron chi connectivity index (χ1n) is 6.07. The van der Waals surface area contributed by atoms with Crippen LogP contribution in [0.2, 0.25) is 0 Å². The normalized spacial score (nSPS) is 34.9. The summed E-state index contributed by atoms with van der Waals surface area (Å²) in [5.74, 6) is 1.50. The molecule has 1 aromatic rings. The van der Waals surface area contributed by atoms with Gasteiger partial charge in [-0.1, -0.05) is 19.1 Å². The molecule has 3 unspecified atom stereocenters. The molecule has 1 aliphatic rings. The van der Waals surface area contributed by atoms with Gasteiger partial charge in [0, 0.05) is 5.54 Å². The maximum atomic E-state index is 9.27. The van der Waals surface area contributed by atoms with Crippen LogP contribution < -0.4 is 5.73 Å². The Bertz CT molecular complexity index is 356. The summed E-state index contributed by atoms with van der Waals surface area (Å²) in [4.78, 5) is 0. The quantitative estimate of drug-likeness (QED) is 0.762. The van der Waals surface area contributed by atoms with Crippen LogP contribution in [0.1, 0.15) is 44.6 Å². The molecule has 2 nitrogen and oxygen atoms in total. The van der Waals surface area contributed by atoms with Gasteiger partial charge < -0.3 is 10.8 Å². The van der Waals surface area contributed by atoms with Crippen LogP contribution in [0.3, 0.4) is 0 Å². The van der Waals surface area contributed by atoms with E-state index >= 15 is 0 Å².